The van der Waals surface area contributed by atoms with E-state index in [1.54, 1.807) is 0 Å². The normalized spacial score (nSPS) is 24.9. The van der Waals surface area contributed by atoms with Crippen molar-refractivity contribution >= 4 is 11.8 Å². The van der Waals surface area contributed by atoms with E-state index in [4.69, 9.17) is 0 Å². The minimum atomic E-state index is 0.264. The Bertz CT molecular complexity index is 342. The molecule has 5 heteroatoms. The molecule has 0 aromatic rings. The molecular weight excluding hydrogens is 230 g/mol. The van der Waals surface area contributed by atoms with E-state index in [0.29, 0.717) is 24.2 Å². The van der Waals surface area contributed by atoms with Crippen molar-refractivity contribution in [2.24, 2.45) is 11.8 Å². The maximum absolute atomic E-state index is 12.0. The number of carbonyl (C=O) groups excluding carboxylic acids is 2. The first kappa shape index (κ1) is 12.0. The average molecular weight is 251 g/mol. The average Bonchev–Trinajstić information content (AvgIpc) is 3.17. The lowest BCUT2D eigenvalue weighted by atomic mass is 9.98. The molecule has 0 aromatic heterocycles. The van der Waals surface area contributed by atoms with Crippen molar-refractivity contribution in [3.05, 3.63) is 0 Å². The van der Waals surface area contributed by atoms with Gasteiger partial charge >= 0.3 is 0 Å². The summed E-state index contributed by atoms with van der Waals surface area (Å²) in [7, 11) is 0. The molecule has 0 atom stereocenters. The van der Waals surface area contributed by atoms with E-state index in [-0.39, 0.29) is 5.91 Å². The maximum atomic E-state index is 12.0. The number of rotatable bonds is 3. The number of nitrogens with zero attached hydrogens (tertiary/aromatic N) is 2. The highest BCUT2D eigenvalue weighted by atomic mass is 16.2. The minimum absolute atomic E-state index is 0.264. The second-order valence-electron chi connectivity index (χ2n) is 5.71. The van der Waals surface area contributed by atoms with Crippen LogP contribution in [0, 0.1) is 11.8 Å². The van der Waals surface area contributed by atoms with E-state index in [0.717, 1.165) is 52.1 Å². The highest BCUT2D eigenvalue weighted by Gasteiger charge is 2.35. The van der Waals surface area contributed by atoms with Crippen LogP contribution < -0.4 is 5.32 Å². The summed E-state index contributed by atoms with van der Waals surface area (Å²) in [5.74, 6) is 1.40. The topological polar surface area (TPSA) is 52.7 Å². The summed E-state index contributed by atoms with van der Waals surface area (Å²) < 4.78 is 0. The van der Waals surface area contributed by atoms with Crippen LogP contribution in [0.4, 0.5) is 0 Å². The Balaban J connectivity index is 1.43. The first-order valence-corrected chi connectivity index (χ1v) is 7.01. The molecule has 0 bridgehead atoms. The van der Waals surface area contributed by atoms with E-state index >= 15 is 0 Å². The van der Waals surface area contributed by atoms with Crippen LogP contribution >= 0.6 is 0 Å². The molecule has 100 valence electrons. The van der Waals surface area contributed by atoms with E-state index in [1.807, 2.05) is 9.80 Å². The van der Waals surface area contributed by atoms with Gasteiger partial charge in [-0.2, -0.15) is 0 Å². The number of amides is 2. The standard InChI is InChI=1S/C13H21N3O2/c17-12(7-10-8-14-9-10)15-3-5-16(6-4-15)13(18)11-1-2-11/h10-11,14H,1-9H2. The van der Waals surface area contributed by atoms with Gasteiger partial charge in [0.05, 0.1) is 0 Å². The fraction of sp³-hybridized carbons (Fsp3) is 0.846. The van der Waals surface area contributed by atoms with E-state index in [2.05, 4.69) is 5.32 Å². The Morgan fingerprint density at radius 2 is 1.61 bits per heavy atom. The Kier molecular flexibility index (Phi) is 3.24. The number of carbonyl (C=O) groups is 2. The van der Waals surface area contributed by atoms with Crippen molar-refractivity contribution in [3.8, 4) is 0 Å². The van der Waals surface area contributed by atoms with Crippen molar-refractivity contribution in [2.75, 3.05) is 39.3 Å². The van der Waals surface area contributed by atoms with Crippen LogP contribution in [0.3, 0.4) is 0 Å². The van der Waals surface area contributed by atoms with Crippen molar-refractivity contribution in [2.45, 2.75) is 19.3 Å². The second-order valence-corrected chi connectivity index (χ2v) is 5.71. The van der Waals surface area contributed by atoms with Crippen LogP contribution in [0.2, 0.25) is 0 Å². The van der Waals surface area contributed by atoms with Crippen molar-refractivity contribution in [1.29, 1.82) is 0 Å². The van der Waals surface area contributed by atoms with Crippen molar-refractivity contribution < 1.29 is 9.59 Å². The van der Waals surface area contributed by atoms with Gasteiger partial charge in [-0.15, -0.1) is 0 Å². The van der Waals surface area contributed by atoms with Gasteiger partial charge in [0.2, 0.25) is 11.8 Å². The molecule has 5 nitrogen and oxygen atoms in total. The van der Waals surface area contributed by atoms with E-state index in [1.165, 1.54) is 0 Å². The van der Waals surface area contributed by atoms with Gasteiger partial charge in [-0.3, -0.25) is 9.59 Å². The highest BCUT2D eigenvalue weighted by Crippen LogP contribution is 2.31. The molecule has 2 saturated heterocycles. The van der Waals surface area contributed by atoms with Crippen LogP contribution in [-0.4, -0.2) is 60.9 Å². The Morgan fingerprint density at radius 1 is 1.00 bits per heavy atom. The van der Waals surface area contributed by atoms with Gasteiger partial charge in [-0.05, 0) is 31.8 Å². The first-order valence-electron chi connectivity index (χ1n) is 7.01. The third kappa shape index (κ3) is 2.51. The lowest BCUT2D eigenvalue weighted by Gasteiger charge is -2.36. The van der Waals surface area contributed by atoms with Gasteiger partial charge in [0, 0.05) is 38.5 Å². The molecule has 3 fully saturated rings. The molecule has 1 saturated carbocycles. The zero-order valence-electron chi connectivity index (χ0n) is 10.7. The van der Waals surface area contributed by atoms with E-state index < -0.39 is 0 Å². The van der Waals surface area contributed by atoms with Gasteiger partial charge in [0.25, 0.3) is 0 Å². The predicted octanol–water partition coefficient (Wildman–Crippen LogP) is -0.323. The first-order chi connectivity index (χ1) is 8.74. The van der Waals surface area contributed by atoms with Gasteiger partial charge in [-0.1, -0.05) is 0 Å². The van der Waals surface area contributed by atoms with Gasteiger partial charge in [-0.25, -0.2) is 0 Å². The molecule has 18 heavy (non-hydrogen) atoms. The third-order valence-electron chi connectivity index (χ3n) is 4.20. The minimum Gasteiger partial charge on any atom is -0.339 e. The molecule has 3 aliphatic rings. The van der Waals surface area contributed by atoms with Gasteiger partial charge in [0.15, 0.2) is 0 Å². The molecule has 0 radical (unpaired) electrons. The van der Waals surface area contributed by atoms with Crippen LogP contribution in [0.25, 0.3) is 0 Å². The molecule has 2 amide bonds. The summed E-state index contributed by atoms with van der Waals surface area (Å²) in [5.41, 5.74) is 0. The van der Waals surface area contributed by atoms with Crippen LogP contribution in [0.15, 0.2) is 0 Å². The lowest BCUT2D eigenvalue weighted by Crippen LogP contribution is -2.52. The summed E-state index contributed by atoms with van der Waals surface area (Å²) in [4.78, 5) is 27.8. The summed E-state index contributed by atoms with van der Waals surface area (Å²) in [6.07, 6.45) is 2.79. The van der Waals surface area contributed by atoms with Crippen molar-refractivity contribution in [1.82, 2.24) is 15.1 Å². The number of nitrogens with one attached hydrogen (secondary N) is 1. The highest BCUT2D eigenvalue weighted by molar-refractivity contribution is 5.82. The second kappa shape index (κ2) is 4.88. The number of piperazine rings is 1. The Hall–Kier alpha value is -1.10. The largest absolute Gasteiger partial charge is 0.339 e. The molecule has 2 aliphatic heterocycles. The lowest BCUT2D eigenvalue weighted by molar-refractivity contribution is -0.141. The SMILES string of the molecule is O=C(CC1CNC1)N1CCN(C(=O)C2CC2)CC1. The zero-order valence-corrected chi connectivity index (χ0v) is 10.7. The summed E-state index contributed by atoms with van der Waals surface area (Å²) in [5, 5.41) is 3.19. The molecule has 1 aliphatic carbocycles. The number of hydrogen-bond donors (Lipinski definition) is 1. The fourth-order valence-corrected chi connectivity index (χ4v) is 2.63. The molecule has 3 rings (SSSR count). The van der Waals surface area contributed by atoms with Crippen LogP contribution in [-0.2, 0) is 9.59 Å². The summed E-state index contributed by atoms with van der Waals surface area (Å²) >= 11 is 0. The maximum Gasteiger partial charge on any atom is 0.225 e. The predicted molar refractivity (Wildman–Crippen MR) is 66.9 cm³/mol. The molecule has 0 spiro atoms. The monoisotopic (exact) mass is 251 g/mol. The molecule has 1 N–H and O–H groups in total. The molecule has 0 unspecified atom stereocenters. The molecular formula is C13H21N3O2. The Morgan fingerprint density at radius 3 is 2.11 bits per heavy atom. The summed E-state index contributed by atoms with van der Waals surface area (Å²) in [6, 6.07) is 0. The number of hydrogen-bond acceptors (Lipinski definition) is 3. The summed E-state index contributed by atoms with van der Waals surface area (Å²) in [6.45, 7) is 4.85. The quantitative estimate of drug-likeness (QED) is 0.748. The molecule has 2 heterocycles. The van der Waals surface area contributed by atoms with E-state index in [9.17, 15) is 9.59 Å². The van der Waals surface area contributed by atoms with Crippen LogP contribution in [0.1, 0.15) is 19.3 Å². The van der Waals surface area contributed by atoms with Gasteiger partial charge in [0.1, 0.15) is 0 Å². The zero-order chi connectivity index (χ0) is 12.5. The smallest absolute Gasteiger partial charge is 0.225 e. The van der Waals surface area contributed by atoms with Crippen LogP contribution in [0.5, 0.6) is 0 Å². The van der Waals surface area contributed by atoms with Crippen molar-refractivity contribution in [3.63, 3.8) is 0 Å². The van der Waals surface area contributed by atoms with Gasteiger partial charge < -0.3 is 15.1 Å². The Labute approximate surface area is 107 Å². The third-order valence-corrected chi connectivity index (χ3v) is 4.20. The molecule has 0 aromatic carbocycles. The fourth-order valence-electron chi connectivity index (χ4n) is 2.63.